The minimum atomic E-state index is -0.365. The highest BCUT2D eigenvalue weighted by Crippen LogP contribution is 2.29. The molecule has 1 aromatic carbocycles. The summed E-state index contributed by atoms with van der Waals surface area (Å²) in [7, 11) is 1.50. The number of amides is 3. The standard InChI is InChI=1S/C20H17N7O4/c1-31-17-9-21-8-15(22-17)16-11-25(24-23-16)13-5-6-14-12(7-13)10-26(20(14)30)27-18(28)3-2-4-19(27)29/h5-9,11H,2-4,10H2,1H3. The minimum absolute atomic E-state index is 0.141. The van der Waals surface area contributed by atoms with Crippen molar-refractivity contribution in [3.05, 3.63) is 47.9 Å². The summed E-state index contributed by atoms with van der Waals surface area (Å²) in [5.74, 6) is -0.697. The number of nitrogens with zero attached hydrogens (tertiary/aromatic N) is 7. The van der Waals surface area contributed by atoms with Gasteiger partial charge in [0.2, 0.25) is 17.7 Å². The van der Waals surface area contributed by atoms with Crippen LogP contribution >= 0.6 is 0 Å². The number of imide groups is 1. The molecule has 11 nitrogen and oxygen atoms in total. The minimum Gasteiger partial charge on any atom is -0.480 e. The number of aromatic nitrogens is 5. The van der Waals surface area contributed by atoms with Crippen molar-refractivity contribution in [2.24, 2.45) is 0 Å². The summed E-state index contributed by atoms with van der Waals surface area (Å²) < 4.78 is 6.64. The summed E-state index contributed by atoms with van der Waals surface area (Å²) in [5, 5.41) is 10.5. The highest BCUT2D eigenvalue weighted by Gasteiger charge is 2.39. The van der Waals surface area contributed by atoms with Crippen LogP contribution in [0.25, 0.3) is 17.1 Å². The van der Waals surface area contributed by atoms with E-state index in [-0.39, 0.29) is 37.1 Å². The van der Waals surface area contributed by atoms with Gasteiger partial charge in [0.25, 0.3) is 5.91 Å². The van der Waals surface area contributed by atoms with Gasteiger partial charge in [0.1, 0.15) is 11.4 Å². The van der Waals surface area contributed by atoms with E-state index in [1.54, 1.807) is 35.3 Å². The maximum Gasteiger partial charge on any atom is 0.273 e. The molecule has 11 heteroatoms. The van der Waals surface area contributed by atoms with Gasteiger partial charge in [-0.15, -0.1) is 5.10 Å². The first kappa shape index (κ1) is 18.9. The first-order valence-corrected chi connectivity index (χ1v) is 9.65. The van der Waals surface area contributed by atoms with Crippen LogP contribution in [0.3, 0.4) is 0 Å². The molecule has 0 unspecified atom stereocenters. The van der Waals surface area contributed by atoms with Gasteiger partial charge < -0.3 is 4.74 Å². The van der Waals surface area contributed by atoms with Gasteiger partial charge in [-0.1, -0.05) is 5.21 Å². The molecule has 4 heterocycles. The molecule has 0 bridgehead atoms. The van der Waals surface area contributed by atoms with Crippen LogP contribution in [-0.2, 0) is 16.1 Å². The van der Waals surface area contributed by atoms with E-state index in [0.29, 0.717) is 40.5 Å². The van der Waals surface area contributed by atoms with Crippen LogP contribution in [0.2, 0.25) is 0 Å². The third-order valence-corrected chi connectivity index (χ3v) is 5.21. The fourth-order valence-electron chi connectivity index (χ4n) is 3.68. The number of benzene rings is 1. The normalized spacial score (nSPS) is 16.1. The van der Waals surface area contributed by atoms with Gasteiger partial charge in [0.15, 0.2) is 0 Å². The van der Waals surface area contributed by atoms with Crippen LogP contribution in [0, 0.1) is 0 Å². The number of hydrazine groups is 1. The molecule has 3 amide bonds. The van der Waals surface area contributed by atoms with Gasteiger partial charge in [-0.3, -0.25) is 19.4 Å². The number of rotatable bonds is 4. The molecule has 2 aliphatic heterocycles. The zero-order valence-electron chi connectivity index (χ0n) is 16.6. The molecule has 31 heavy (non-hydrogen) atoms. The van der Waals surface area contributed by atoms with Gasteiger partial charge in [0.05, 0.1) is 37.9 Å². The lowest BCUT2D eigenvalue weighted by atomic mass is 10.1. The van der Waals surface area contributed by atoms with E-state index >= 15 is 0 Å². The summed E-state index contributed by atoms with van der Waals surface area (Å²) in [6, 6.07) is 5.19. The number of piperidine rings is 1. The topological polar surface area (TPSA) is 123 Å². The van der Waals surface area contributed by atoms with Crippen molar-refractivity contribution in [3.63, 3.8) is 0 Å². The monoisotopic (exact) mass is 419 g/mol. The molecule has 2 aliphatic rings. The fourth-order valence-corrected chi connectivity index (χ4v) is 3.68. The van der Waals surface area contributed by atoms with Crippen molar-refractivity contribution in [3.8, 4) is 23.0 Å². The van der Waals surface area contributed by atoms with E-state index in [0.717, 1.165) is 5.01 Å². The average molecular weight is 419 g/mol. The second kappa shape index (κ2) is 7.27. The quantitative estimate of drug-likeness (QED) is 0.577. The zero-order valence-corrected chi connectivity index (χ0v) is 16.6. The summed E-state index contributed by atoms with van der Waals surface area (Å²) in [5.41, 5.74) is 2.85. The number of hydrogen-bond donors (Lipinski definition) is 0. The average Bonchev–Trinajstić information content (AvgIpc) is 3.39. The van der Waals surface area contributed by atoms with Gasteiger partial charge in [-0.05, 0) is 30.2 Å². The molecule has 0 aliphatic carbocycles. The van der Waals surface area contributed by atoms with Gasteiger partial charge in [0, 0.05) is 18.4 Å². The van der Waals surface area contributed by atoms with Crippen LogP contribution in [-0.4, -0.2) is 59.8 Å². The molecule has 0 spiro atoms. The highest BCUT2D eigenvalue weighted by molar-refractivity contribution is 6.04. The van der Waals surface area contributed by atoms with E-state index in [4.69, 9.17) is 4.74 Å². The third kappa shape index (κ3) is 3.19. The van der Waals surface area contributed by atoms with Gasteiger partial charge in [-0.25, -0.2) is 14.7 Å². The van der Waals surface area contributed by atoms with E-state index in [1.165, 1.54) is 18.3 Å². The van der Waals surface area contributed by atoms with E-state index in [1.807, 2.05) is 0 Å². The SMILES string of the molecule is COc1cncc(-c2cn(-c3ccc4c(c3)CN(N3C(=O)CCCC3=O)C4=O)nn2)n1. The molecule has 1 fully saturated rings. The lowest BCUT2D eigenvalue weighted by Gasteiger charge is -2.32. The first-order chi connectivity index (χ1) is 15.0. The van der Waals surface area contributed by atoms with Gasteiger partial charge in [-0.2, -0.15) is 5.01 Å². The van der Waals surface area contributed by atoms with E-state index in [9.17, 15) is 14.4 Å². The smallest absolute Gasteiger partial charge is 0.273 e. The number of fused-ring (bicyclic) bond motifs is 1. The van der Waals surface area contributed by atoms with Crippen LogP contribution in [0.15, 0.2) is 36.8 Å². The Bertz CT molecular complexity index is 1210. The zero-order chi connectivity index (χ0) is 21.5. The molecule has 0 saturated carbocycles. The molecule has 156 valence electrons. The molecule has 0 N–H and O–H groups in total. The molecular formula is C20H17N7O4. The Hall–Kier alpha value is -4.15. The molecule has 1 saturated heterocycles. The van der Waals surface area contributed by atoms with Crippen molar-refractivity contribution in [1.29, 1.82) is 0 Å². The van der Waals surface area contributed by atoms with Crippen LogP contribution in [0.4, 0.5) is 0 Å². The predicted molar refractivity (Wildman–Crippen MR) is 105 cm³/mol. The molecular weight excluding hydrogens is 402 g/mol. The molecule has 0 atom stereocenters. The molecule has 0 radical (unpaired) electrons. The number of carbonyl (C=O) groups is 3. The maximum absolute atomic E-state index is 12.8. The number of carbonyl (C=O) groups excluding carboxylic acids is 3. The Labute approximate surface area is 176 Å². The predicted octanol–water partition coefficient (Wildman–Crippen LogP) is 1.14. The highest BCUT2D eigenvalue weighted by atomic mass is 16.5. The summed E-state index contributed by atoms with van der Waals surface area (Å²) in [4.78, 5) is 45.6. The number of hydrogen-bond acceptors (Lipinski definition) is 8. The Balaban J connectivity index is 1.43. The molecule has 2 aromatic heterocycles. The van der Waals surface area contributed by atoms with E-state index in [2.05, 4.69) is 20.3 Å². The summed E-state index contributed by atoms with van der Waals surface area (Å²) in [6.07, 6.45) is 5.77. The summed E-state index contributed by atoms with van der Waals surface area (Å²) >= 11 is 0. The van der Waals surface area contributed by atoms with Crippen LogP contribution in [0.1, 0.15) is 35.2 Å². The van der Waals surface area contributed by atoms with Crippen molar-refractivity contribution in [1.82, 2.24) is 35.0 Å². The van der Waals surface area contributed by atoms with Crippen molar-refractivity contribution in [2.75, 3.05) is 7.11 Å². The largest absolute Gasteiger partial charge is 0.480 e. The number of methoxy groups -OCH3 is 1. The lowest BCUT2D eigenvalue weighted by molar-refractivity contribution is -0.163. The third-order valence-electron chi connectivity index (χ3n) is 5.21. The Morgan fingerprint density at radius 1 is 1.03 bits per heavy atom. The van der Waals surface area contributed by atoms with Crippen LogP contribution in [0.5, 0.6) is 5.88 Å². The molecule has 5 rings (SSSR count). The summed E-state index contributed by atoms with van der Waals surface area (Å²) in [6.45, 7) is 0.141. The Morgan fingerprint density at radius 2 is 1.84 bits per heavy atom. The maximum atomic E-state index is 12.8. The Morgan fingerprint density at radius 3 is 2.61 bits per heavy atom. The fraction of sp³-hybridized carbons (Fsp3) is 0.250. The second-order valence-electron chi connectivity index (χ2n) is 7.15. The Kier molecular flexibility index (Phi) is 4.42. The van der Waals surface area contributed by atoms with Crippen LogP contribution < -0.4 is 4.74 Å². The van der Waals surface area contributed by atoms with Gasteiger partial charge >= 0.3 is 0 Å². The lowest BCUT2D eigenvalue weighted by Crippen LogP contribution is -2.51. The van der Waals surface area contributed by atoms with Crippen molar-refractivity contribution < 1.29 is 19.1 Å². The molecule has 3 aromatic rings. The number of ether oxygens (including phenoxy) is 1. The van der Waals surface area contributed by atoms with Crippen molar-refractivity contribution in [2.45, 2.75) is 25.8 Å². The van der Waals surface area contributed by atoms with E-state index < -0.39 is 0 Å². The second-order valence-corrected chi connectivity index (χ2v) is 7.15. The van der Waals surface area contributed by atoms with Crippen molar-refractivity contribution >= 4 is 17.7 Å². The first-order valence-electron chi connectivity index (χ1n) is 9.65.